The summed E-state index contributed by atoms with van der Waals surface area (Å²) >= 11 is 0. The van der Waals surface area contributed by atoms with Crippen LogP contribution in [-0.2, 0) is 20.7 Å². The van der Waals surface area contributed by atoms with Crippen molar-refractivity contribution >= 4 is 11.9 Å². The summed E-state index contributed by atoms with van der Waals surface area (Å²) in [5.41, 5.74) is 0.930. The zero-order valence-electron chi connectivity index (χ0n) is 11.1. The first-order valence-electron chi connectivity index (χ1n) is 6.27. The molecule has 1 amide bonds. The summed E-state index contributed by atoms with van der Waals surface area (Å²) in [7, 11) is 0. The van der Waals surface area contributed by atoms with E-state index in [0.717, 1.165) is 5.56 Å². The molecule has 0 bridgehead atoms. The lowest BCUT2D eigenvalue weighted by Crippen LogP contribution is -2.36. The molecule has 1 aromatic carbocycles. The topological polar surface area (TPSA) is 55.4 Å². The maximum absolute atomic E-state index is 11.8. The average molecular weight is 261 g/mol. The molecule has 0 aliphatic heterocycles. The normalized spacial score (nSPS) is 11.4. The van der Waals surface area contributed by atoms with Gasteiger partial charge in [-0.2, -0.15) is 0 Å². The Morgan fingerprint density at radius 3 is 2.63 bits per heavy atom. The summed E-state index contributed by atoms with van der Waals surface area (Å²) in [6.45, 7) is 5.69. The van der Waals surface area contributed by atoms with E-state index in [9.17, 15) is 9.59 Å². The van der Waals surface area contributed by atoms with E-state index >= 15 is 0 Å². The first kappa shape index (κ1) is 15.0. The van der Waals surface area contributed by atoms with Gasteiger partial charge < -0.3 is 10.1 Å². The molecule has 0 fully saturated rings. The molecule has 0 aliphatic carbocycles. The molecule has 1 atom stereocenters. The van der Waals surface area contributed by atoms with Crippen molar-refractivity contribution in [1.29, 1.82) is 0 Å². The van der Waals surface area contributed by atoms with Gasteiger partial charge in [-0.3, -0.25) is 9.59 Å². The molecule has 1 unspecified atom stereocenters. The summed E-state index contributed by atoms with van der Waals surface area (Å²) in [4.78, 5) is 23.1. The highest BCUT2D eigenvalue weighted by Gasteiger charge is 2.14. The Morgan fingerprint density at radius 2 is 2.05 bits per heavy atom. The van der Waals surface area contributed by atoms with Crippen molar-refractivity contribution in [1.82, 2.24) is 5.32 Å². The number of amides is 1. The Kier molecular flexibility index (Phi) is 6.36. The van der Waals surface area contributed by atoms with E-state index < -0.39 is 6.04 Å². The van der Waals surface area contributed by atoms with Crippen molar-refractivity contribution in [3.63, 3.8) is 0 Å². The van der Waals surface area contributed by atoms with Crippen LogP contribution in [0.5, 0.6) is 0 Å². The fourth-order valence-corrected chi connectivity index (χ4v) is 1.63. The summed E-state index contributed by atoms with van der Waals surface area (Å²) < 4.78 is 4.84. The second kappa shape index (κ2) is 8.08. The zero-order valence-corrected chi connectivity index (χ0v) is 11.1. The molecule has 0 aliphatic rings. The number of hydrogen-bond donors (Lipinski definition) is 1. The van der Waals surface area contributed by atoms with E-state index in [1.54, 1.807) is 13.0 Å². The van der Waals surface area contributed by atoms with E-state index in [0.29, 0.717) is 6.61 Å². The molecular formula is C15H19NO3. The molecule has 1 N–H and O–H groups in total. The summed E-state index contributed by atoms with van der Waals surface area (Å²) in [6.07, 6.45) is 1.94. The fourth-order valence-electron chi connectivity index (χ4n) is 1.63. The largest absolute Gasteiger partial charge is 0.466 e. The summed E-state index contributed by atoms with van der Waals surface area (Å²) in [5.74, 6) is -0.479. The van der Waals surface area contributed by atoms with Gasteiger partial charge in [0.1, 0.15) is 0 Å². The quantitative estimate of drug-likeness (QED) is 0.602. The van der Waals surface area contributed by atoms with E-state index in [4.69, 9.17) is 4.74 Å². The van der Waals surface area contributed by atoms with Crippen LogP contribution in [0.4, 0.5) is 0 Å². The number of esters is 1. The van der Waals surface area contributed by atoms with Crippen molar-refractivity contribution in [3.8, 4) is 0 Å². The molecule has 0 saturated heterocycles. The minimum Gasteiger partial charge on any atom is -0.466 e. The highest BCUT2D eigenvalue weighted by atomic mass is 16.5. The number of nitrogens with one attached hydrogen (secondary N) is 1. The third kappa shape index (κ3) is 5.86. The minimum absolute atomic E-state index is 0.109. The van der Waals surface area contributed by atoms with Gasteiger partial charge in [-0.25, -0.2) is 0 Å². The molecule has 4 heteroatoms. The third-order valence-electron chi connectivity index (χ3n) is 2.53. The molecule has 102 valence electrons. The van der Waals surface area contributed by atoms with E-state index in [2.05, 4.69) is 11.9 Å². The Balaban J connectivity index is 2.45. The van der Waals surface area contributed by atoms with Crippen LogP contribution in [0, 0.1) is 0 Å². The van der Waals surface area contributed by atoms with Crippen LogP contribution in [-0.4, -0.2) is 24.5 Å². The lowest BCUT2D eigenvalue weighted by atomic mass is 10.1. The molecule has 0 heterocycles. The number of benzene rings is 1. The predicted octanol–water partition coefficient (Wildman–Crippen LogP) is 1.85. The maximum Gasteiger partial charge on any atom is 0.308 e. The van der Waals surface area contributed by atoms with E-state index in [-0.39, 0.29) is 24.7 Å². The molecule has 0 spiro atoms. The third-order valence-corrected chi connectivity index (χ3v) is 2.53. The molecule has 19 heavy (non-hydrogen) atoms. The molecule has 0 aromatic heterocycles. The summed E-state index contributed by atoms with van der Waals surface area (Å²) in [6, 6.07) is 9.03. The van der Waals surface area contributed by atoms with Crippen LogP contribution in [0.15, 0.2) is 43.0 Å². The molecular weight excluding hydrogens is 242 g/mol. The molecule has 0 saturated carbocycles. The number of carbonyl (C=O) groups is 2. The van der Waals surface area contributed by atoms with Gasteiger partial charge in [0.05, 0.1) is 25.5 Å². The number of ether oxygens (including phenoxy) is 1. The molecule has 0 radical (unpaired) electrons. The Bertz CT molecular complexity index is 428. The number of hydrogen-bond acceptors (Lipinski definition) is 3. The highest BCUT2D eigenvalue weighted by molar-refractivity contribution is 5.80. The predicted molar refractivity (Wildman–Crippen MR) is 73.5 cm³/mol. The van der Waals surface area contributed by atoms with Gasteiger partial charge in [0.15, 0.2) is 0 Å². The van der Waals surface area contributed by atoms with Crippen LogP contribution in [0.25, 0.3) is 0 Å². The Hall–Kier alpha value is -2.10. The van der Waals surface area contributed by atoms with Crippen molar-refractivity contribution in [2.24, 2.45) is 0 Å². The summed E-state index contributed by atoms with van der Waals surface area (Å²) in [5, 5.41) is 2.75. The minimum atomic E-state index is -0.393. The van der Waals surface area contributed by atoms with Gasteiger partial charge in [0, 0.05) is 0 Å². The number of rotatable bonds is 7. The standard InChI is InChI=1S/C15H19NO3/c1-3-13(11-15(18)19-4-2)16-14(17)10-12-8-6-5-7-9-12/h3,5-9,13H,1,4,10-11H2,2H3,(H,16,17). The maximum atomic E-state index is 11.8. The lowest BCUT2D eigenvalue weighted by molar-refractivity contribution is -0.143. The molecule has 4 nitrogen and oxygen atoms in total. The van der Waals surface area contributed by atoms with Crippen molar-refractivity contribution < 1.29 is 14.3 Å². The Labute approximate surface area is 113 Å². The molecule has 1 rings (SSSR count). The van der Waals surface area contributed by atoms with Crippen LogP contribution in [0.2, 0.25) is 0 Å². The van der Waals surface area contributed by atoms with Crippen LogP contribution < -0.4 is 5.32 Å². The lowest BCUT2D eigenvalue weighted by Gasteiger charge is -2.14. The van der Waals surface area contributed by atoms with Crippen molar-refractivity contribution in [2.45, 2.75) is 25.8 Å². The Morgan fingerprint density at radius 1 is 1.37 bits per heavy atom. The van der Waals surface area contributed by atoms with Gasteiger partial charge in [-0.05, 0) is 12.5 Å². The molecule has 1 aromatic rings. The average Bonchev–Trinajstić information content (AvgIpc) is 2.39. The van der Waals surface area contributed by atoms with Gasteiger partial charge in [-0.15, -0.1) is 6.58 Å². The second-order valence-corrected chi connectivity index (χ2v) is 4.08. The first-order chi connectivity index (χ1) is 9.15. The highest BCUT2D eigenvalue weighted by Crippen LogP contribution is 2.01. The van der Waals surface area contributed by atoms with Gasteiger partial charge in [0.25, 0.3) is 0 Å². The van der Waals surface area contributed by atoms with E-state index in [1.807, 2.05) is 30.3 Å². The first-order valence-corrected chi connectivity index (χ1v) is 6.27. The van der Waals surface area contributed by atoms with Gasteiger partial charge >= 0.3 is 5.97 Å². The monoisotopic (exact) mass is 261 g/mol. The van der Waals surface area contributed by atoms with Crippen LogP contribution in [0.3, 0.4) is 0 Å². The fraction of sp³-hybridized carbons (Fsp3) is 0.333. The van der Waals surface area contributed by atoms with Gasteiger partial charge in [0.2, 0.25) is 5.91 Å². The van der Waals surface area contributed by atoms with Crippen LogP contribution in [0.1, 0.15) is 18.9 Å². The van der Waals surface area contributed by atoms with E-state index in [1.165, 1.54) is 0 Å². The van der Waals surface area contributed by atoms with Crippen LogP contribution >= 0.6 is 0 Å². The SMILES string of the molecule is C=CC(CC(=O)OCC)NC(=O)Cc1ccccc1. The van der Waals surface area contributed by atoms with Gasteiger partial charge in [-0.1, -0.05) is 36.4 Å². The second-order valence-electron chi connectivity index (χ2n) is 4.08. The van der Waals surface area contributed by atoms with Crippen molar-refractivity contribution in [3.05, 3.63) is 48.6 Å². The smallest absolute Gasteiger partial charge is 0.308 e. The van der Waals surface area contributed by atoms with Crippen molar-refractivity contribution in [2.75, 3.05) is 6.61 Å². The zero-order chi connectivity index (χ0) is 14.1. The number of carbonyl (C=O) groups excluding carboxylic acids is 2.